The molecule has 1 fully saturated rings. The number of nitrogens with zero attached hydrogens (tertiary/aromatic N) is 1. The summed E-state index contributed by atoms with van der Waals surface area (Å²) in [6.07, 6.45) is 5.27. The number of ether oxygens (including phenoxy) is 1. The molecule has 3 heteroatoms. The van der Waals surface area contributed by atoms with Gasteiger partial charge in [-0.25, -0.2) is 4.98 Å². The van der Waals surface area contributed by atoms with Crippen molar-refractivity contribution in [1.82, 2.24) is 4.98 Å². The fourth-order valence-corrected chi connectivity index (χ4v) is 2.43. The smallest absolute Gasteiger partial charge is 0.213 e. The van der Waals surface area contributed by atoms with Crippen LogP contribution in [0.3, 0.4) is 0 Å². The van der Waals surface area contributed by atoms with Crippen molar-refractivity contribution in [3.05, 3.63) is 23.9 Å². The first-order valence-corrected chi connectivity index (χ1v) is 6.70. The third-order valence-corrected chi connectivity index (χ3v) is 3.98. The van der Waals surface area contributed by atoms with Gasteiger partial charge in [0.05, 0.1) is 0 Å². The van der Waals surface area contributed by atoms with Gasteiger partial charge in [-0.05, 0) is 44.1 Å². The second kappa shape index (κ2) is 5.51. The molecule has 0 aromatic carbocycles. The predicted octanol–water partition coefficient (Wildman–Crippen LogP) is 3.49. The summed E-state index contributed by atoms with van der Waals surface area (Å²) in [5.41, 5.74) is 0.632. The van der Waals surface area contributed by atoms with Crippen LogP contribution >= 0.6 is 0 Å². The minimum absolute atomic E-state index is 0.0363. The van der Waals surface area contributed by atoms with Gasteiger partial charge in [0.15, 0.2) is 5.78 Å². The highest BCUT2D eigenvalue weighted by molar-refractivity contribution is 5.93. The number of Topliss-reactive ketones (excluding diaryl/α,β-unsaturated/α-hetero) is 1. The second-order valence-corrected chi connectivity index (χ2v) is 5.45. The van der Waals surface area contributed by atoms with E-state index >= 15 is 0 Å². The minimum atomic E-state index is 0.0363. The van der Waals surface area contributed by atoms with Gasteiger partial charge in [0.1, 0.15) is 6.10 Å². The first-order valence-electron chi connectivity index (χ1n) is 6.70. The molecule has 1 heterocycles. The van der Waals surface area contributed by atoms with Crippen molar-refractivity contribution in [2.45, 2.75) is 46.1 Å². The van der Waals surface area contributed by atoms with Crippen molar-refractivity contribution in [2.24, 2.45) is 11.8 Å². The van der Waals surface area contributed by atoms with Crippen LogP contribution < -0.4 is 4.74 Å². The molecule has 2 rings (SSSR count). The zero-order chi connectivity index (χ0) is 13.1. The third kappa shape index (κ3) is 3.09. The van der Waals surface area contributed by atoms with Gasteiger partial charge in [-0.1, -0.05) is 13.8 Å². The first kappa shape index (κ1) is 13.1. The van der Waals surface area contributed by atoms with E-state index in [2.05, 4.69) is 18.8 Å². The normalized spacial score (nSPS) is 27.8. The van der Waals surface area contributed by atoms with Crippen molar-refractivity contribution in [3.8, 4) is 5.88 Å². The van der Waals surface area contributed by atoms with E-state index in [1.807, 2.05) is 0 Å². The van der Waals surface area contributed by atoms with E-state index < -0.39 is 0 Å². The molecule has 0 aliphatic heterocycles. The number of ketones is 1. The maximum Gasteiger partial charge on any atom is 0.213 e. The molecule has 1 aliphatic carbocycles. The van der Waals surface area contributed by atoms with E-state index in [0.29, 0.717) is 17.4 Å². The largest absolute Gasteiger partial charge is 0.474 e. The van der Waals surface area contributed by atoms with Gasteiger partial charge in [0, 0.05) is 17.8 Å². The summed E-state index contributed by atoms with van der Waals surface area (Å²) in [4.78, 5) is 15.3. The van der Waals surface area contributed by atoms with E-state index in [9.17, 15) is 4.79 Å². The number of rotatable bonds is 3. The number of carbonyl (C=O) groups is 1. The van der Waals surface area contributed by atoms with Crippen molar-refractivity contribution >= 4 is 5.78 Å². The van der Waals surface area contributed by atoms with Crippen LogP contribution in [0, 0.1) is 11.8 Å². The lowest BCUT2D eigenvalue weighted by Crippen LogP contribution is -2.29. The van der Waals surface area contributed by atoms with Gasteiger partial charge in [-0.3, -0.25) is 4.79 Å². The van der Waals surface area contributed by atoms with Crippen molar-refractivity contribution < 1.29 is 9.53 Å². The Labute approximate surface area is 109 Å². The quantitative estimate of drug-likeness (QED) is 0.767. The SMILES string of the molecule is CC(=O)c1ccc(OC2CCC(C)C(C)C2)nc1. The molecule has 3 nitrogen and oxygen atoms in total. The molecule has 0 spiro atoms. The van der Waals surface area contributed by atoms with Gasteiger partial charge in [0.25, 0.3) is 0 Å². The molecule has 0 N–H and O–H groups in total. The number of pyridine rings is 1. The van der Waals surface area contributed by atoms with Gasteiger partial charge in [-0.2, -0.15) is 0 Å². The lowest BCUT2D eigenvalue weighted by Gasteiger charge is -2.31. The molecule has 1 aliphatic rings. The van der Waals surface area contributed by atoms with E-state index in [0.717, 1.165) is 18.8 Å². The van der Waals surface area contributed by atoms with Gasteiger partial charge in [0.2, 0.25) is 5.88 Å². The topological polar surface area (TPSA) is 39.2 Å². The van der Waals surface area contributed by atoms with Crippen molar-refractivity contribution in [1.29, 1.82) is 0 Å². The molecular weight excluding hydrogens is 226 g/mol. The molecular formula is C15H21NO2. The van der Waals surface area contributed by atoms with Gasteiger partial charge < -0.3 is 4.74 Å². The third-order valence-electron chi connectivity index (χ3n) is 3.98. The summed E-state index contributed by atoms with van der Waals surface area (Å²) in [6, 6.07) is 3.57. The molecule has 1 aromatic heterocycles. The number of hydrogen-bond acceptors (Lipinski definition) is 3. The predicted molar refractivity (Wildman–Crippen MR) is 70.8 cm³/mol. The Morgan fingerprint density at radius 3 is 2.61 bits per heavy atom. The van der Waals surface area contributed by atoms with E-state index in [1.165, 1.54) is 6.42 Å². The van der Waals surface area contributed by atoms with Crippen LogP contribution in [0.5, 0.6) is 5.88 Å². The highest BCUT2D eigenvalue weighted by atomic mass is 16.5. The fourth-order valence-electron chi connectivity index (χ4n) is 2.43. The molecule has 0 radical (unpaired) electrons. The second-order valence-electron chi connectivity index (χ2n) is 5.45. The highest BCUT2D eigenvalue weighted by Crippen LogP contribution is 2.31. The van der Waals surface area contributed by atoms with Crippen molar-refractivity contribution in [2.75, 3.05) is 0 Å². The van der Waals surface area contributed by atoms with Crippen molar-refractivity contribution in [3.63, 3.8) is 0 Å². The van der Waals surface area contributed by atoms with E-state index in [-0.39, 0.29) is 11.9 Å². The number of aromatic nitrogens is 1. The Kier molecular flexibility index (Phi) is 4.00. The fraction of sp³-hybridized carbons (Fsp3) is 0.600. The molecule has 3 atom stereocenters. The maximum atomic E-state index is 11.1. The van der Waals surface area contributed by atoms with Crippen LogP contribution in [0.25, 0.3) is 0 Å². The van der Waals surface area contributed by atoms with Crippen LogP contribution in [0.2, 0.25) is 0 Å². The van der Waals surface area contributed by atoms with Gasteiger partial charge in [-0.15, -0.1) is 0 Å². The maximum absolute atomic E-state index is 11.1. The Bertz CT molecular complexity index is 413. The Morgan fingerprint density at radius 1 is 1.28 bits per heavy atom. The lowest BCUT2D eigenvalue weighted by molar-refractivity contribution is 0.0962. The Morgan fingerprint density at radius 2 is 2.06 bits per heavy atom. The molecule has 3 unspecified atom stereocenters. The zero-order valence-electron chi connectivity index (χ0n) is 11.3. The summed E-state index contributed by atoms with van der Waals surface area (Å²) < 4.78 is 5.89. The molecule has 1 aromatic rings. The monoisotopic (exact) mass is 247 g/mol. The van der Waals surface area contributed by atoms with Crippen LogP contribution in [0.4, 0.5) is 0 Å². The van der Waals surface area contributed by atoms with Crippen LogP contribution in [-0.2, 0) is 0 Å². The van der Waals surface area contributed by atoms with E-state index in [4.69, 9.17) is 4.74 Å². The molecule has 0 saturated heterocycles. The minimum Gasteiger partial charge on any atom is -0.474 e. The molecule has 98 valence electrons. The average molecular weight is 247 g/mol. The standard InChI is InChI=1S/C15H21NO2/c1-10-4-6-14(8-11(10)2)18-15-7-5-13(9-16-15)12(3)17/h5,7,9-11,14H,4,6,8H2,1-3H3. The van der Waals surface area contributed by atoms with Crippen LogP contribution in [-0.4, -0.2) is 16.9 Å². The molecule has 18 heavy (non-hydrogen) atoms. The highest BCUT2D eigenvalue weighted by Gasteiger charge is 2.25. The summed E-state index contributed by atoms with van der Waals surface area (Å²) >= 11 is 0. The van der Waals surface area contributed by atoms with Crippen LogP contribution in [0.1, 0.15) is 50.4 Å². The molecule has 0 amide bonds. The van der Waals surface area contributed by atoms with Crippen LogP contribution in [0.15, 0.2) is 18.3 Å². The summed E-state index contributed by atoms with van der Waals surface area (Å²) in [7, 11) is 0. The molecule has 1 saturated carbocycles. The number of hydrogen-bond donors (Lipinski definition) is 0. The zero-order valence-corrected chi connectivity index (χ0v) is 11.3. The lowest BCUT2D eigenvalue weighted by atomic mass is 9.80. The summed E-state index contributed by atoms with van der Waals surface area (Å²) in [6.45, 7) is 6.13. The molecule has 0 bridgehead atoms. The Hall–Kier alpha value is -1.38. The summed E-state index contributed by atoms with van der Waals surface area (Å²) in [5.74, 6) is 2.17. The van der Waals surface area contributed by atoms with E-state index in [1.54, 1.807) is 25.3 Å². The van der Waals surface area contributed by atoms with Gasteiger partial charge >= 0.3 is 0 Å². The average Bonchev–Trinajstić information content (AvgIpc) is 2.34. The number of carbonyl (C=O) groups excluding carboxylic acids is 1. The first-order chi connectivity index (χ1) is 8.56. The Balaban J connectivity index is 1.95. The summed E-state index contributed by atoms with van der Waals surface area (Å²) in [5, 5.41) is 0.